The topological polar surface area (TPSA) is 35.5 Å². The van der Waals surface area contributed by atoms with Crippen molar-refractivity contribution in [1.82, 2.24) is 0 Å². The molecule has 5 heteroatoms. The Morgan fingerprint density at radius 1 is 1.00 bits per heavy atom. The smallest absolute Gasteiger partial charge is 0.298 e. The van der Waals surface area contributed by atoms with Crippen molar-refractivity contribution in [2.45, 2.75) is 53.8 Å². The number of hydrogen-bond donors (Lipinski definition) is 0. The van der Waals surface area contributed by atoms with Crippen LogP contribution in [0.5, 0.6) is 0 Å². The van der Waals surface area contributed by atoms with Crippen LogP contribution in [-0.2, 0) is 13.6 Å². The van der Waals surface area contributed by atoms with E-state index in [1.165, 1.54) is 11.4 Å². The van der Waals surface area contributed by atoms with Gasteiger partial charge in [-0.25, -0.2) is 4.57 Å². The van der Waals surface area contributed by atoms with Crippen LogP contribution in [-0.4, -0.2) is 18.0 Å². The molecule has 0 heterocycles. The molecule has 0 spiro atoms. The summed E-state index contributed by atoms with van der Waals surface area (Å²) in [4.78, 5) is 0. The molecule has 0 saturated heterocycles. The predicted molar refractivity (Wildman–Crippen MR) is 67.3 cm³/mol. The van der Waals surface area contributed by atoms with Crippen molar-refractivity contribution in [2.24, 2.45) is 5.92 Å². The molecule has 0 saturated carbocycles. The minimum absolute atomic E-state index is 0.0748. The quantitative estimate of drug-likeness (QED) is 0.633. The van der Waals surface area contributed by atoms with Crippen LogP contribution in [0.2, 0.25) is 0 Å². The van der Waals surface area contributed by atoms with E-state index in [1.807, 2.05) is 27.7 Å². The second-order valence-corrected chi connectivity index (χ2v) is 8.47. The molecule has 0 aromatic heterocycles. The molecular formula is C10H23O3PS. The van der Waals surface area contributed by atoms with Gasteiger partial charge in [0.25, 0.3) is 0 Å². The lowest BCUT2D eigenvalue weighted by Gasteiger charge is -2.22. The first kappa shape index (κ1) is 15.5. The second kappa shape index (κ2) is 6.95. The molecule has 0 amide bonds. The van der Waals surface area contributed by atoms with E-state index in [-0.39, 0.29) is 12.2 Å². The largest absolute Gasteiger partial charge is 0.389 e. The third-order valence-electron chi connectivity index (χ3n) is 1.25. The molecule has 0 bridgehead atoms. The summed E-state index contributed by atoms with van der Waals surface area (Å²) >= 11 is 1.30. The van der Waals surface area contributed by atoms with E-state index in [2.05, 4.69) is 13.8 Å². The molecule has 0 radical (unpaired) electrons. The van der Waals surface area contributed by atoms with Gasteiger partial charge in [-0.3, -0.25) is 9.05 Å². The fraction of sp³-hybridized carbons (Fsp3) is 1.00. The van der Waals surface area contributed by atoms with Crippen LogP contribution in [0.25, 0.3) is 0 Å². The molecule has 0 aromatic rings. The van der Waals surface area contributed by atoms with Gasteiger partial charge in [-0.1, -0.05) is 13.8 Å². The third kappa shape index (κ3) is 8.32. The first-order chi connectivity index (χ1) is 6.75. The number of rotatable bonds is 7. The second-order valence-electron chi connectivity index (χ2n) is 4.45. The summed E-state index contributed by atoms with van der Waals surface area (Å²) in [6.07, 6.45) is -0.150. The molecule has 3 nitrogen and oxygen atoms in total. The number of hydrogen-bond acceptors (Lipinski definition) is 4. The maximum Gasteiger partial charge on any atom is 0.389 e. The zero-order chi connectivity index (χ0) is 12.1. The first-order valence-electron chi connectivity index (χ1n) is 5.36. The van der Waals surface area contributed by atoms with Crippen molar-refractivity contribution in [1.29, 1.82) is 0 Å². The Balaban J connectivity index is 4.34. The minimum atomic E-state index is -2.97. The van der Waals surface area contributed by atoms with Crippen molar-refractivity contribution in [3.63, 3.8) is 0 Å². The molecule has 0 aliphatic rings. The lowest BCUT2D eigenvalue weighted by molar-refractivity contribution is 0.155. The summed E-state index contributed by atoms with van der Waals surface area (Å²) < 4.78 is 23.0. The Bertz CT molecular complexity index is 203. The lowest BCUT2D eigenvalue weighted by Crippen LogP contribution is -2.07. The lowest BCUT2D eigenvalue weighted by atomic mass is 10.3. The van der Waals surface area contributed by atoms with Gasteiger partial charge in [-0.15, -0.1) is 0 Å². The zero-order valence-electron chi connectivity index (χ0n) is 10.5. The summed E-state index contributed by atoms with van der Waals surface area (Å²) in [5.74, 6) is 1.27. The van der Waals surface area contributed by atoms with Gasteiger partial charge in [0.15, 0.2) is 0 Å². The van der Waals surface area contributed by atoms with Crippen molar-refractivity contribution in [2.75, 3.05) is 5.75 Å². The standard InChI is InChI=1S/C10H23O3PS/c1-8(2)7-15-14(11,12-9(3)4)13-10(5)6/h8-10H,7H2,1-6H3. The molecule has 0 rings (SSSR count). The van der Waals surface area contributed by atoms with Crippen molar-refractivity contribution < 1.29 is 13.6 Å². The molecule has 0 N–H and O–H groups in total. The van der Waals surface area contributed by atoms with Crippen LogP contribution >= 0.6 is 18.2 Å². The molecule has 92 valence electrons. The van der Waals surface area contributed by atoms with E-state index >= 15 is 0 Å². The Labute approximate surface area is 97.6 Å². The van der Waals surface area contributed by atoms with Gasteiger partial charge in [-0.2, -0.15) is 0 Å². The Morgan fingerprint density at radius 3 is 1.67 bits per heavy atom. The molecule has 0 fully saturated rings. The highest BCUT2D eigenvalue weighted by molar-refractivity contribution is 8.55. The van der Waals surface area contributed by atoms with Crippen LogP contribution in [0.1, 0.15) is 41.5 Å². The fourth-order valence-electron chi connectivity index (χ4n) is 0.842. The summed E-state index contributed by atoms with van der Waals surface area (Å²) in [6, 6.07) is 0. The Hall–Kier alpha value is 0.500. The van der Waals surface area contributed by atoms with E-state index in [0.29, 0.717) is 5.92 Å². The first-order valence-corrected chi connectivity index (χ1v) is 8.50. The highest BCUT2D eigenvalue weighted by Gasteiger charge is 2.28. The van der Waals surface area contributed by atoms with Gasteiger partial charge in [0, 0.05) is 5.75 Å². The maximum atomic E-state index is 12.3. The average molecular weight is 254 g/mol. The van der Waals surface area contributed by atoms with Gasteiger partial charge in [-0.05, 0) is 45.0 Å². The molecule has 0 aliphatic heterocycles. The van der Waals surface area contributed by atoms with Gasteiger partial charge in [0.2, 0.25) is 0 Å². The molecule has 15 heavy (non-hydrogen) atoms. The van der Waals surface area contributed by atoms with Crippen molar-refractivity contribution in [3.05, 3.63) is 0 Å². The third-order valence-corrected chi connectivity index (χ3v) is 5.65. The highest BCUT2D eigenvalue weighted by Crippen LogP contribution is 2.62. The van der Waals surface area contributed by atoms with Gasteiger partial charge in [0.05, 0.1) is 12.2 Å². The monoisotopic (exact) mass is 254 g/mol. The van der Waals surface area contributed by atoms with E-state index in [9.17, 15) is 4.57 Å². The van der Waals surface area contributed by atoms with Crippen LogP contribution in [0.3, 0.4) is 0 Å². The van der Waals surface area contributed by atoms with Crippen molar-refractivity contribution in [3.8, 4) is 0 Å². The average Bonchev–Trinajstić information content (AvgIpc) is 1.97. The van der Waals surface area contributed by atoms with Crippen LogP contribution in [0.15, 0.2) is 0 Å². The fourth-order valence-corrected chi connectivity index (χ4v) is 5.37. The summed E-state index contributed by atoms with van der Waals surface area (Å²) in [6.45, 7) is 8.67. The summed E-state index contributed by atoms with van der Waals surface area (Å²) in [7, 11) is 0. The maximum absolute atomic E-state index is 12.3. The predicted octanol–water partition coefficient (Wildman–Crippen LogP) is 4.33. The SMILES string of the molecule is CC(C)CSP(=O)(OC(C)C)OC(C)C. The molecule has 0 aliphatic carbocycles. The van der Waals surface area contributed by atoms with E-state index in [1.54, 1.807) is 0 Å². The van der Waals surface area contributed by atoms with Gasteiger partial charge in [0.1, 0.15) is 0 Å². The Morgan fingerprint density at radius 2 is 1.40 bits per heavy atom. The highest BCUT2D eigenvalue weighted by atomic mass is 32.7. The zero-order valence-corrected chi connectivity index (χ0v) is 12.2. The van der Waals surface area contributed by atoms with Gasteiger partial charge >= 0.3 is 6.80 Å². The Kier molecular flexibility index (Phi) is 7.18. The van der Waals surface area contributed by atoms with E-state index in [4.69, 9.17) is 9.05 Å². The van der Waals surface area contributed by atoms with Gasteiger partial charge < -0.3 is 0 Å². The summed E-state index contributed by atoms with van der Waals surface area (Å²) in [5.41, 5.74) is 0. The van der Waals surface area contributed by atoms with Crippen LogP contribution in [0.4, 0.5) is 0 Å². The van der Waals surface area contributed by atoms with E-state index in [0.717, 1.165) is 5.75 Å². The van der Waals surface area contributed by atoms with E-state index < -0.39 is 6.80 Å². The van der Waals surface area contributed by atoms with Crippen LogP contribution < -0.4 is 0 Å². The summed E-state index contributed by atoms with van der Waals surface area (Å²) in [5, 5.41) is 0. The molecule has 0 unspecified atom stereocenters. The van der Waals surface area contributed by atoms with Crippen LogP contribution in [0, 0.1) is 5.92 Å². The molecule has 0 aromatic carbocycles. The molecular weight excluding hydrogens is 231 g/mol. The minimum Gasteiger partial charge on any atom is -0.298 e. The van der Waals surface area contributed by atoms with Crippen molar-refractivity contribution >= 4 is 18.2 Å². The normalized spacial score (nSPS) is 13.1. The molecule has 0 atom stereocenters.